The van der Waals surface area contributed by atoms with Gasteiger partial charge in [-0.3, -0.25) is 4.79 Å². The first-order chi connectivity index (χ1) is 18.3. The van der Waals surface area contributed by atoms with Gasteiger partial charge in [-0.1, -0.05) is 70.2 Å². The zero-order valence-corrected chi connectivity index (χ0v) is 26.1. The molecule has 0 saturated carbocycles. The van der Waals surface area contributed by atoms with Gasteiger partial charge < -0.3 is 0 Å². The molecule has 40 heavy (non-hydrogen) atoms. The Labute approximate surface area is 245 Å². The highest BCUT2D eigenvalue weighted by Gasteiger charge is 2.04. The number of hydrogen-bond acceptors (Lipinski definition) is 8. The predicted molar refractivity (Wildman–Crippen MR) is 174 cm³/mol. The van der Waals surface area contributed by atoms with Gasteiger partial charge in [0.15, 0.2) is 5.78 Å². The number of aryl methyl sites for hydroxylation is 5. The van der Waals surface area contributed by atoms with Gasteiger partial charge in [0.05, 0.1) is 22.4 Å². The van der Waals surface area contributed by atoms with Crippen molar-refractivity contribution in [2.45, 2.75) is 112 Å². The van der Waals surface area contributed by atoms with E-state index in [4.69, 9.17) is 0 Å². The Hall–Kier alpha value is -3.68. The molecule has 3 heterocycles. The third kappa shape index (κ3) is 20.3. The Morgan fingerprint density at radius 3 is 1.25 bits per heavy atom. The molecule has 0 radical (unpaired) electrons. The largest absolute Gasteiger partial charge is 0.295 e. The first-order valence-corrected chi connectivity index (χ1v) is 13.4. The molecule has 0 aliphatic heterocycles. The van der Waals surface area contributed by atoms with E-state index in [0.717, 1.165) is 39.9 Å². The van der Waals surface area contributed by atoms with Crippen molar-refractivity contribution in [1.29, 1.82) is 0 Å². The molecule has 226 valence electrons. The molecule has 0 spiro atoms. The van der Waals surface area contributed by atoms with Crippen molar-refractivity contribution in [2.75, 3.05) is 0 Å². The normalized spacial score (nSPS) is 7.95. The second-order valence-electron chi connectivity index (χ2n) is 6.54. The summed E-state index contributed by atoms with van der Waals surface area (Å²) in [5, 5.41) is 0. The van der Waals surface area contributed by atoms with Crippen LogP contribution in [0.3, 0.4) is 0 Å². The van der Waals surface area contributed by atoms with Gasteiger partial charge in [-0.15, -0.1) is 0 Å². The summed E-state index contributed by atoms with van der Waals surface area (Å²) in [6.07, 6.45) is 4.88. The van der Waals surface area contributed by atoms with Gasteiger partial charge in [-0.05, 0) is 65.8 Å². The number of carbonyl (C=O) groups excluding carboxylic acids is 1. The minimum atomic E-state index is 0. The highest BCUT2D eigenvalue weighted by atomic mass is 16.1. The zero-order chi connectivity index (χ0) is 30.1. The Kier molecular flexibility index (Phi) is 34.5. The lowest BCUT2D eigenvalue weighted by atomic mass is 10.1. The van der Waals surface area contributed by atoms with Crippen LogP contribution in [0.4, 0.5) is 0 Å². The molecule has 0 aliphatic carbocycles. The Morgan fingerprint density at radius 1 is 0.575 bits per heavy atom. The molecule has 0 amide bonds. The lowest BCUT2D eigenvalue weighted by Crippen LogP contribution is -1.97. The Balaban J connectivity index is -0.000000141. The molecule has 1 aromatic carbocycles. The molecule has 0 bridgehead atoms. The SMILES string of the molecule is C.C.CC.CC.CC.CC.CC(=O)c1ccc2nc(C)c(C)nc2c1.Cc1nc(C)nc(C)n1.c1cncnc1. The standard InChI is InChI=1S/C12H12N2O.C6H9N3.C4H4N2.4C2H6.2CH4/c1-7-8(2)14-12-6-10(9(3)15)4-5-11(12)13-7;1-4-7-5(2)9-6(3)8-4;1-2-5-4-6-3-1;4*1-2;;/h4-6H,1-3H3;1-3H3;1-4H;4*1-2H3;2*1H4. The first-order valence-electron chi connectivity index (χ1n) is 13.4. The summed E-state index contributed by atoms with van der Waals surface area (Å²) in [7, 11) is 0. The van der Waals surface area contributed by atoms with Gasteiger partial charge in [0.1, 0.15) is 23.8 Å². The van der Waals surface area contributed by atoms with E-state index in [1.807, 2.05) is 96.1 Å². The molecule has 0 fully saturated rings. The molecular formula is C32H57N7O. The third-order valence-electron chi connectivity index (χ3n) is 3.93. The van der Waals surface area contributed by atoms with Gasteiger partial charge in [0.2, 0.25) is 0 Å². The summed E-state index contributed by atoms with van der Waals surface area (Å²) >= 11 is 0. The topological polar surface area (TPSA) is 107 Å². The number of aromatic nitrogens is 7. The average molecular weight is 556 g/mol. The van der Waals surface area contributed by atoms with Crippen molar-refractivity contribution < 1.29 is 4.79 Å². The molecule has 0 aliphatic rings. The van der Waals surface area contributed by atoms with Crippen molar-refractivity contribution in [1.82, 2.24) is 34.9 Å². The lowest BCUT2D eigenvalue weighted by Gasteiger charge is -2.03. The second kappa shape index (κ2) is 29.9. The van der Waals surface area contributed by atoms with E-state index < -0.39 is 0 Å². The van der Waals surface area contributed by atoms with Crippen molar-refractivity contribution in [3.05, 3.63) is 77.4 Å². The molecule has 0 N–H and O–H groups in total. The lowest BCUT2D eigenvalue weighted by molar-refractivity contribution is 0.101. The van der Waals surface area contributed by atoms with Crippen LogP contribution in [-0.2, 0) is 0 Å². The molecule has 0 saturated heterocycles. The van der Waals surface area contributed by atoms with Crippen LogP contribution in [0.2, 0.25) is 0 Å². The quantitative estimate of drug-likeness (QED) is 0.214. The molecule has 0 atom stereocenters. The fourth-order valence-corrected chi connectivity index (χ4v) is 2.48. The number of Topliss-reactive ketones (excluding diaryl/α,β-unsaturated/α-hetero) is 1. The maximum atomic E-state index is 11.2. The number of carbonyl (C=O) groups is 1. The smallest absolute Gasteiger partial charge is 0.159 e. The minimum absolute atomic E-state index is 0. The van der Waals surface area contributed by atoms with E-state index in [2.05, 4.69) is 34.9 Å². The van der Waals surface area contributed by atoms with Gasteiger partial charge in [-0.2, -0.15) is 0 Å². The summed E-state index contributed by atoms with van der Waals surface area (Å²) in [4.78, 5) is 39.4. The van der Waals surface area contributed by atoms with Crippen LogP contribution in [0, 0.1) is 34.6 Å². The minimum Gasteiger partial charge on any atom is -0.295 e. The molecule has 4 rings (SSSR count). The van der Waals surface area contributed by atoms with Gasteiger partial charge in [0, 0.05) is 18.0 Å². The predicted octanol–water partition coefficient (Wildman–Crippen LogP) is 9.10. The van der Waals surface area contributed by atoms with Crippen LogP contribution in [0.15, 0.2) is 43.0 Å². The number of fused-ring (bicyclic) bond motifs is 1. The average Bonchev–Trinajstić information content (AvgIpc) is 2.94. The van der Waals surface area contributed by atoms with Crippen molar-refractivity contribution in [3.8, 4) is 0 Å². The van der Waals surface area contributed by atoms with Crippen LogP contribution in [0.5, 0.6) is 0 Å². The molecular weight excluding hydrogens is 498 g/mol. The number of rotatable bonds is 1. The number of nitrogens with zero attached hydrogens (tertiary/aromatic N) is 7. The van der Waals surface area contributed by atoms with E-state index >= 15 is 0 Å². The summed E-state index contributed by atoms with van der Waals surface area (Å²) in [5.41, 5.74) is 4.13. The van der Waals surface area contributed by atoms with Gasteiger partial charge >= 0.3 is 0 Å². The van der Waals surface area contributed by atoms with E-state index in [1.54, 1.807) is 37.5 Å². The molecule has 4 aromatic rings. The zero-order valence-electron chi connectivity index (χ0n) is 26.1. The monoisotopic (exact) mass is 555 g/mol. The van der Waals surface area contributed by atoms with Crippen molar-refractivity contribution in [2.24, 2.45) is 0 Å². The maximum Gasteiger partial charge on any atom is 0.159 e. The molecule has 8 nitrogen and oxygen atoms in total. The van der Waals surface area contributed by atoms with Crippen molar-refractivity contribution in [3.63, 3.8) is 0 Å². The van der Waals surface area contributed by atoms with Crippen molar-refractivity contribution >= 4 is 16.8 Å². The van der Waals surface area contributed by atoms with E-state index in [9.17, 15) is 4.79 Å². The first kappa shape index (κ1) is 46.2. The van der Waals surface area contributed by atoms with E-state index in [1.165, 1.54) is 6.33 Å². The Morgan fingerprint density at radius 2 is 0.950 bits per heavy atom. The summed E-state index contributed by atoms with van der Waals surface area (Å²) in [6, 6.07) is 7.19. The van der Waals surface area contributed by atoms with Gasteiger partial charge in [0.25, 0.3) is 0 Å². The van der Waals surface area contributed by atoms with Crippen LogP contribution in [0.1, 0.15) is 116 Å². The van der Waals surface area contributed by atoms with Crippen LogP contribution < -0.4 is 0 Å². The summed E-state index contributed by atoms with van der Waals surface area (Å²) in [5.74, 6) is 2.43. The molecule has 0 unspecified atom stereocenters. The number of benzene rings is 1. The highest BCUT2D eigenvalue weighted by Crippen LogP contribution is 2.14. The molecule has 8 heteroatoms. The second-order valence-corrected chi connectivity index (χ2v) is 6.54. The van der Waals surface area contributed by atoms with Crippen LogP contribution >= 0.6 is 0 Å². The molecule has 3 aromatic heterocycles. The fraction of sp³-hybridized carbons (Fsp3) is 0.500. The summed E-state index contributed by atoms with van der Waals surface area (Å²) < 4.78 is 0. The van der Waals surface area contributed by atoms with E-state index in [-0.39, 0.29) is 20.6 Å². The van der Waals surface area contributed by atoms with Crippen LogP contribution in [-0.4, -0.2) is 40.7 Å². The fourth-order valence-electron chi connectivity index (χ4n) is 2.48. The Bertz CT molecular complexity index is 1060. The third-order valence-corrected chi connectivity index (χ3v) is 3.93. The summed E-state index contributed by atoms with van der Waals surface area (Å²) in [6.45, 7) is 27.0. The highest BCUT2D eigenvalue weighted by molar-refractivity contribution is 5.97. The van der Waals surface area contributed by atoms with E-state index in [0.29, 0.717) is 5.56 Å². The van der Waals surface area contributed by atoms with Crippen LogP contribution in [0.25, 0.3) is 11.0 Å². The number of hydrogen-bond donors (Lipinski definition) is 0. The number of ketones is 1. The van der Waals surface area contributed by atoms with Gasteiger partial charge in [-0.25, -0.2) is 34.9 Å². The maximum absolute atomic E-state index is 11.2.